The highest BCUT2D eigenvalue weighted by molar-refractivity contribution is 5.31. The summed E-state index contributed by atoms with van der Waals surface area (Å²) in [6.45, 7) is 1.10. The third-order valence-electron chi connectivity index (χ3n) is 4.33. The quantitative estimate of drug-likeness (QED) is 0.876. The van der Waals surface area contributed by atoms with Gasteiger partial charge < -0.3 is 10.1 Å². The second-order valence-electron chi connectivity index (χ2n) is 5.94. The zero-order chi connectivity index (χ0) is 16.8. The van der Waals surface area contributed by atoms with Gasteiger partial charge in [0.1, 0.15) is 5.75 Å². The van der Waals surface area contributed by atoms with Gasteiger partial charge in [0.25, 0.3) is 0 Å². The van der Waals surface area contributed by atoms with Crippen LogP contribution in [0, 0.1) is 0 Å². The number of nitrogens with zero attached hydrogens (tertiary/aromatic N) is 1. The van der Waals surface area contributed by atoms with Gasteiger partial charge in [-0.2, -0.15) is 8.78 Å². The van der Waals surface area contributed by atoms with E-state index in [0.29, 0.717) is 0 Å². The van der Waals surface area contributed by atoms with Gasteiger partial charge in [0, 0.05) is 32.2 Å². The molecule has 1 heterocycles. The smallest absolute Gasteiger partial charge is 0.387 e. The first-order valence-electron chi connectivity index (χ1n) is 8.26. The lowest BCUT2D eigenvalue weighted by Crippen LogP contribution is -2.45. The maximum absolute atomic E-state index is 12.4. The van der Waals surface area contributed by atoms with Crippen LogP contribution in [0.25, 0.3) is 0 Å². The minimum absolute atomic E-state index is 0.217. The van der Waals surface area contributed by atoms with E-state index >= 15 is 0 Å². The van der Waals surface area contributed by atoms with Crippen molar-refractivity contribution < 1.29 is 13.5 Å². The molecule has 1 fully saturated rings. The average Bonchev–Trinajstić information content (AvgIpc) is 2.61. The highest BCUT2D eigenvalue weighted by atomic mass is 19.3. The minimum Gasteiger partial charge on any atom is -0.435 e. The van der Waals surface area contributed by atoms with E-state index in [1.807, 2.05) is 24.3 Å². The maximum atomic E-state index is 12.4. The van der Waals surface area contributed by atoms with Gasteiger partial charge in [-0.05, 0) is 29.7 Å². The van der Waals surface area contributed by atoms with Crippen molar-refractivity contribution in [3.63, 3.8) is 0 Å². The number of rotatable bonds is 6. The number of nitrogens with one attached hydrogen (secondary N) is 1. The third-order valence-corrected chi connectivity index (χ3v) is 4.33. The molecule has 0 aliphatic carbocycles. The van der Waals surface area contributed by atoms with Gasteiger partial charge in [-0.1, -0.05) is 42.5 Å². The summed E-state index contributed by atoms with van der Waals surface area (Å²) in [5.41, 5.74) is 2.25. The van der Waals surface area contributed by atoms with Crippen molar-refractivity contribution in [2.24, 2.45) is 0 Å². The molecule has 0 saturated carbocycles. The fourth-order valence-electron chi connectivity index (χ4n) is 3.20. The predicted molar refractivity (Wildman–Crippen MR) is 90.4 cm³/mol. The van der Waals surface area contributed by atoms with Gasteiger partial charge in [0.05, 0.1) is 0 Å². The number of ether oxygens (including phenoxy) is 1. The van der Waals surface area contributed by atoms with Crippen LogP contribution in [-0.2, 0) is 6.42 Å². The largest absolute Gasteiger partial charge is 0.435 e. The standard InChI is InChI=1S/C19H22F2N2O/c20-19(21)24-17-8-4-5-15(13-17)14-18(16-6-2-1-3-7-16)23-11-9-22-10-12-23/h1-8,13,18-19,22H,9-12,14H2. The van der Waals surface area contributed by atoms with Crippen LogP contribution >= 0.6 is 0 Å². The first kappa shape index (κ1) is 16.9. The Labute approximate surface area is 141 Å². The molecular formula is C19H22F2N2O. The van der Waals surface area contributed by atoms with Crippen molar-refractivity contribution in [3.05, 3.63) is 65.7 Å². The lowest BCUT2D eigenvalue weighted by atomic mass is 9.96. The molecule has 1 atom stereocenters. The van der Waals surface area contributed by atoms with Crippen LogP contribution in [0.2, 0.25) is 0 Å². The number of benzene rings is 2. The van der Waals surface area contributed by atoms with Crippen LogP contribution in [0.5, 0.6) is 5.75 Å². The van der Waals surface area contributed by atoms with Crippen molar-refractivity contribution in [2.45, 2.75) is 19.1 Å². The van der Waals surface area contributed by atoms with Gasteiger partial charge >= 0.3 is 6.61 Å². The maximum Gasteiger partial charge on any atom is 0.387 e. The molecule has 3 nitrogen and oxygen atoms in total. The van der Waals surface area contributed by atoms with Crippen LogP contribution in [-0.4, -0.2) is 37.7 Å². The lowest BCUT2D eigenvalue weighted by Gasteiger charge is -2.35. The van der Waals surface area contributed by atoms with E-state index in [0.717, 1.165) is 38.2 Å². The van der Waals surface area contributed by atoms with Crippen molar-refractivity contribution in [1.82, 2.24) is 10.2 Å². The summed E-state index contributed by atoms with van der Waals surface area (Å²) in [5.74, 6) is 0.217. The van der Waals surface area contributed by atoms with Crippen LogP contribution in [0.15, 0.2) is 54.6 Å². The average molecular weight is 332 g/mol. The fourth-order valence-corrected chi connectivity index (χ4v) is 3.20. The second-order valence-corrected chi connectivity index (χ2v) is 5.94. The van der Waals surface area contributed by atoms with Crippen LogP contribution in [0.1, 0.15) is 17.2 Å². The second kappa shape index (κ2) is 8.22. The molecule has 0 spiro atoms. The Bertz CT molecular complexity index is 630. The summed E-state index contributed by atoms with van der Waals surface area (Å²) < 4.78 is 29.4. The van der Waals surface area contributed by atoms with Crippen molar-refractivity contribution >= 4 is 0 Å². The molecule has 1 N–H and O–H groups in total. The molecular weight excluding hydrogens is 310 g/mol. The van der Waals surface area contributed by atoms with E-state index in [2.05, 4.69) is 27.1 Å². The summed E-state index contributed by atoms with van der Waals surface area (Å²) in [5, 5.41) is 3.37. The van der Waals surface area contributed by atoms with Gasteiger partial charge in [-0.3, -0.25) is 4.90 Å². The first-order chi connectivity index (χ1) is 11.7. The Balaban J connectivity index is 1.81. The molecule has 0 aromatic heterocycles. The van der Waals surface area contributed by atoms with Crippen LogP contribution in [0.4, 0.5) is 8.78 Å². The minimum atomic E-state index is -2.79. The van der Waals surface area contributed by atoms with Crippen molar-refractivity contribution in [1.29, 1.82) is 0 Å². The van der Waals surface area contributed by atoms with Crippen LogP contribution < -0.4 is 10.1 Å². The predicted octanol–water partition coefficient (Wildman–Crippen LogP) is 3.48. The zero-order valence-electron chi connectivity index (χ0n) is 13.5. The summed E-state index contributed by atoms with van der Waals surface area (Å²) in [6.07, 6.45) is 0.768. The van der Waals surface area contributed by atoms with Crippen molar-refractivity contribution in [2.75, 3.05) is 26.2 Å². The monoisotopic (exact) mass is 332 g/mol. The van der Waals surface area contributed by atoms with Gasteiger partial charge in [0.2, 0.25) is 0 Å². The van der Waals surface area contributed by atoms with E-state index in [4.69, 9.17) is 0 Å². The lowest BCUT2D eigenvalue weighted by molar-refractivity contribution is -0.0498. The summed E-state index contributed by atoms with van der Waals surface area (Å²) in [4.78, 5) is 2.45. The zero-order valence-corrected chi connectivity index (χ0v) is 13.5. The number of hydrogen-bond donors (Lipinski definition) is 1. The highest BCUT2D eigenvalue weighted by Crippen LogP contribution is 2.27. The first-order valence-corrected chi connectivity index (χ1v) is 8.26. The van der Waals surface area contributed by atoms with Gasteiger partial charge in [-0.15, -0.1) is 0 Å². The summed E-state index contributed by atoms with van der Waals surface area (Å²) in [6, 6.07) is 17.6. The molecule has 2 aromatic rings. The molecule has 3 rings (SSSR count). The summed E-state index contributed by atoms with van der Waals surface area (Å²) >= 11 is 0. The number of piperazine rings is 1. The molecule has 0 amide bonds. The Kier molecular flexibility index (Phi) is 5.77. The molecule has 1 unspecified atom stereocenters. The number of hydrogen-bond acceptors (Lipinski definition) is 3. The molecule has 24 heavy (non-hydrogen) atoms. The Hall–Kier alpha value is -1.98. The molecule has 1 aliphatic heterocycles. The molecule has 128 valence electrons. The van der Waals surface area contributed by atoms with E-state index in [1.165, 1.54) is 5.56 Å². The fraction of sp³-hybridized carbons (Fsp3) is 0.368. The van der Waals surface area contributed by atoms with E-state index in [9.17, 15) is 8.78 Å². The van der Waals surface area contributed by atoms with Crippen molar-refractivity contribution in [3.8, 4) is 5.75 Å². The topological polar surface area (TPSA) is 24.5 Å². The SMILES string of the molecule is FC(F)Oc1cccc(CC(c2ccccc2)N2CCNCC2)c1. The number of alkyl halides is 2. The Morgan fingerprint density at radius 2 is 1.75 bits per heavy atom. The Morgan fingerprint density at radius 1 is 1.00 bits per heavy atom. The molecule has 1 aliphatic rings. The van der Waals surface area contributed by atoms with E-state index in [1.54, 1.807) is 18.2 Å². The van der Waals surface area contributed by atoms with E-state index < -0.39 is 6.61 Å². The normalized spacial score (nSPS) is 17.0. The molecule has 2 aromatic carbocycles. The van der Waals surface area contributed by atoms with Gasteiger partial charge in [0.15, 0.2) is 0 Å². The number of halogens is 2. The molecule has 5 heteroatoms. The van der Waals surface area contributed by atoms with E-state index in [-0.39, 0.29) is 11.8 Å². The molecule has 0 bridgehead atoms. The Morgan fingerprint density at radius 3 is 2.46 bits per heavy atom. The molecule has 0 radical (unpaired) electrons. The highest BCUT2D eigenvalue weighted by Gasteiger charge is 2.22. The van der Waals surface area contributed by atoms with Gasteiger partial charge in [-0.25, -0.2) is 0 Å². The third kappa shape index (κ3) is 4.52. The van der Waals surface area contributed by atoms with Crippen LogP contribution in [0.3, 0.4) is 0 Å². The summed E-state index contributed by atoms with van der Waals surface area (Å²) in [7, 11) is 0. The molecule has 1 saturated heterocycles.